The number of ether oxygens (including phenoxy) is 3. The molecule has 0 fully saturated rings. The van der Waals surface area contributed by atoms with Crippen molar-refractivity contribution in [2.24, 2.45) is 0 Å². The zero-order valence-electron chi connectivity index (χ0n) is 19.7. The third-order valence-electron chi connectivity index (χ3n) is 5.66. The van der Waals surface area contributed by atoms with Crippen LogP contribution in [-0.2, 0) is 10.2 Å². The van der Waals surface area contributed by atoms with Crippen LogP contribution >= 0.6 is 0 Å². The second-order valence-corrected chi connectivity index (χ2v) is 9.82. The zero-order chi connectivity index (χ0) is 22.8. The van der Waals surface area contributed by atoms with Crippen LogP contribution in [0.2, 0.25) is 0 Å². The fraction of sp³-hybridized carbons (Fsp3) is 0.500. The normalized spacial score (nSPS) is 18.4. The fourth-order valence-corrected chi connectivity index (χ4v) is 3.87. The van der Waals surface area contributed by atoms with Crippen molar-refractivity contribution in [3.8, 4) is 17.2 Å². The molecule has 168 valence electrons. The monoisotopic (exact) mass is 425 g/mol. The molecule has 5 heteroatoms. The summed E-state index contributed by atoms with van der Waals surface area (Å²) in [5.74, 6) is 2.06. The summed E-state index contributed by atoms with van der Waals surface area (Å²) in [6.45, 7) is 12.5. The van der Waals surface area contributed by atoms with Gasteiger partial charge in [0.1, 0.15) is 22.8 Å². The molecule has 2 aromatic carbocycles. The molecule has 0 spiro atoms. The minimum Gasteiger partial charge on any atom is -0.497 e. The molecule has 0 aliphatic carbocycles. The van der Waals surface area contributed by atoms with Crippen molar-refractivity contribution in [2.75, 3.05) is 7.11 Å². The Balaban J connectivity index is 1.75. The topological polar surface area (TPSA) is 56.8 Å². The molecule has 1 amide bonds. The van der Waals surface area contributed by atoms with E-state index in [1.165, 1.54) is 5.56 Å². The minimum absolute atomic E-state index is 0.0754. The van der Waals surface area contributed by atoms with Crippen LogP contribution in [0.25, 0.3) is 0 Å². The highest BCUT2D eigenvalue weighted by Crippen LogP contribution is 2.41. The van der Waals surface area contributed by atoms with Crippen LogP contribution in [0.4, 0.5) is 0 Å². The summed E-state index contributed by atoms with van der Waals surface area (Å²) in [7, 11) is 1.63. The lowest BCUT2D eigenvalue weighted by Crippen LogP contribution is -2.45. The summed E-state index contributed by atoms with van der Waals surface area (Å²) in [5.41, 5.74) is 1.86. The van der Waals surface area contributed by atoms with Gasteiger partial charge in [0.05, 0.1) is 13.2 Å². The Morgan fingerprint density at radius 2 is 1.81 bits per heavy atom. The maximum atomic E-state index is 13.1. The van der Waals surface area contributed by atoms with E-state index in [0.29, 0.717) is 18.6 Å². The molecule has 1 heterocycles. The van der Waals surface area contributed by atoms with Crippen molar-refractivity contribution in [3.63, 3.8) is 0 Å². The number of nitrogens with one attached hydrogen (secondary N) is 1. The van der Waals surface area contributed by atoms with Crippen LogP contribution in [0.5, 0.6) is 17.2 Å². The molecular weight excluding hydrogens is 390 g/mol. The van der Waals surface area contributed by atoms with E-state index < -0.39 is 11.7 Å². The van der Waals surface area contributed by atoms with Crippen LogP contribution in [0, 0.1) is 0 Å². The second kappa shape index (κ2) is 8.81. The third kappa shape index (κ3) is 5.52. The molecular formula is C26H35NO4. The fourth-order valence-electron chi connectivity index (χ4n) is 3.87. The highest BCUT2D eigenvalue weighted by molar-refractivity contribution is 5.81. The van der Waals surface area contributed by atoms with Gasteiger partial charge in [-0.15, -0.1) is 0 Å². The lowest BCUT2D eigenvalue weighted by atomic mass is 9.87. The van der Waals surface area contributed by atoms with E-state index in [0.717, 1.165) is 17.1 Å². The Morgan fingerprint density at radius 3 is 2.39 bits per heavy atom. The van der Waals surface area contributed by atoms with Crippen molar-refractivity contribution in [1.29, 1.82) is 0 Å². The highest BCUT2D eigenvalue weighted by atomic mass is 16.5. The number of hydrogen-bond acceptors (Lipinski definition) is 4. The number of amides is 1. The first-order chi connectivity index (χ1) is 14.5. The lowest BCUT2D eigenvalue weighted by molar-refractivity contribution is -0.129. The molecule has 2 atom stereocenters. The average Bonchev–Trinajstić information content (AvgIpc) is 2.70. The Morgan fingerprint density at radius 1 is 1.16 bits per heavy atom. The quantitative estimate of drug-likeness (QED) is 0.657. The molecule has 1 aliphatic heterocycles. The summed E-state index contributed by atoms with van der Waals surface area (Å²) < 4.78 is 17.5. The number of rotatable bonds is 6. The zero-order valence-corrected chi connectivity index (χ0v) is 19.7. The average molecular weight is 426 g/mol. The maximum Gasteiger partial charge on any atom is 0.261 e. The van der Waals surface area contributed by atoms with Gasteiger partial charge >= 0.3 is 0 Å². The largest absolute Gasteiger partial charge is 0.497 e. The van der Waals surface area contributed by atoms with Crippen molar-refractivity contribution < 1.29 is 19.0 Å². The Bertz CT molecular complexity index is 912. The first-order valence-electron chi connectivity index (χ1n) is 11.0. The van der Waals surface area contributed by atoms with Crippen molar-refractivity contribution in [2.45, 2.75) is 77.5 Å². The summed E-state index contributed by atoms with van der Waals surface area (Å²) in [5, 5.41) is 3.19. The van der Waals surface area contributed by atoms with Gasteiger partial charge in [-0.05, 0) is 55.5 Å². The SMILES string of the molecule is CCC(Oc1ccc(C(C)(C)C)cc1)C(=O)NC1CC(C)(C)Oc2cc(OC)ccc21. The van der Waals surface area contributed by atoms with E-state index in [1.54, 1.807) is 7.11 Å². The summed E-state index contributed by atoms with van der Waals surface area (Å²) in [6, 6.07) is 13.6. The number of carbonyl (C=O) groups is 1. The van der Waals surface area contributed by atoms with Gasteiger partial charge in [0.25, 0.3) is 5.91 Å². The summed E-state index contributed by atoms with van der Waals surface area (Å²) in [4.78, 5) is 13.1. The minimum atomic E-state index is -0.562. The number of fused-ring (bicyclic) bond motifs is 1. The molecule has 1 N–H and O–H groups in total. The van der Waals surface area contributed by atoms with Gasteiger partial charge < -0.3 is 19.5 Å². The molecule has 0 saturated heterocycles. The molecule has 0 radical (unpaired) electrons. The maximum absolute atomic E-state index is 13.1. The van der Waals surface area contributed by atoms with E-state index in [2.05, 4.69) is 38.2 Å². The van der Waals surface area contributed by atoms with Crippen LogP contribution in [-0.4, -0.2) is 24.7 Å². The predicted octanol–water partition coefficient (Wildman–Crippen LogP) is 5.57. The Hall–Kier alpha value is -2.69. The van der Waals surface area contributed by atoms with Gasteiger partial charge in [0, 0.05) is 18.1 Å². The van der Waals surface area contributed by atoms with Gasteiger partial charge in [-0.25, -0.2) is 0 Å². The number of methoxy groups -OCH3 is 1. The van der Waals surface area contributed by atoms with Gasteiger partial charge in [0.15, 0.2) is 6.10 Å². The predicted molar refractivity (Wildman–Crippen MR) is 123 cm³/mol. The highest BCUT2D eigenvalue weighted by Gasteiger charge is 2.36. The van der Waals surface area contributed by atoms with E-state index in [-0.39, 0.29) is 17.4 Å². The number of benzene rings is 2. The van der Waals surface area contributed by atoms with Crippen molar-refractivity contribution in [3.05, 3.63) is 53.6 Å². The van der Waals surface area contributed by atoms with Gasteiger partial charge in [-0.3, -0.25) is 4.79 Å². The van der Waals surface area contributed by atoms with E-state index in [1.807, 2.05) is 51.1 Å². The molecule has 0 bridgehead atoms. The van der Waals surface area contributed by atoms with E-state index in [9.17, 15) is 4.79 Å². The second-order valence-electron chi connectivity index (χ2n) is 9.82. The Labute approximate surface area is 186 Å². The summed E-state index contributed by atoms with van der Waals surface area (Å²) >= 11 is 0. The molecule has 1 aliphatic rings. The summed E-state index contributed by atoms with van der Waals surface area (Å²) in [6.07, 6.45) is 0.692. The number of carbonyl (C=O) groups excluding carboxylic acids is 1. The molecule has 2 aromatic rings. The molecule has 0 aromatic heterocycles. The van der Waals surface area contributed by atoms with Gasteiger partial charge in [-0.1, -0.05) is 39.8 Å². The number of hydrogen-bond donors (Lipinski definition) is 1. The van der Waals surface area contributed by atoms with Gasteiger partial charge in [0.2, 0.25) is 0 Å². The first kappa shape index (κ1) is 23.0. The molecule has 2 unspecified atom stereocenters. The van der Waals surface area contributed by atoms with Crippen LogP contribution in [0.15, 0.2) is 42.5 Å². The molecule has 0 saturated carbocycles. The molecule has 5 nitrogen and oxygen atoms in total. The van der Waals surface area contributed by atoms with E-state index in [4.69, 9.17) is 14.2 Å². The first-order valence-corrected chi connectivity index (χ1v) is 11.0. The van der Waals surface area contributed by atoms with Crippen LogP contribution in [0.3, 0.4) is 0 Å². The van der Waals surface area contributed by atoms with Crippen molar-refractivity contribution >= 4 is 5.91 Å². The lowest BCUT2D eigenvalue weighted by Gasteiger charge is -2.38. The standard InChI is InChI=1S/C26H35NO4/c1-8-22(30-18-11-9-17(10-12-18)25(2,3)4)24(28)27-21-16-26(5,6)31-23-15-19(29-7)13-14-20(21)23/h9-15,21-22H,8,16H2,1-7H3,(H,27,28). The van der Waals surface area contributed by atoms with Crippen LogP contribution in [0.1, 0.15) is 71.6 Å². The van der Waals surface area contributed by atoms with Gasteiger partial charge in [-0.2, -0.15) is 0 Å². The third-order valence-corrected chi connectivity index (χ3v) is 5.66. The Kier molecular flexibility index (Phi) is 6.54. The van der Waals surface area contributed by atoms with Crippen molar-refractivity contribution in [1.82, 2.24) is 5.32 Å². The van der Waals surface area contributed by atoms with E-state index >= 15 is 0 Å². The van der Waals surface area contributed by atoms with Crippen LogP contribution < -0.4 is 19.5 Å². The smallest absolute Gasteiger partial charge is 0.261 e. The molecule has 31 heavy (non-hydrogen) atoms. The molecule has 3 rings (SSSR count).